The molecule has 0 bridgehead atoms. The molecule has 1 aromatic heterocycles. The van der Waals surface area contributed by atoms with Crippen LogP contribution in [0.15, 0.2) is 12.3 Å². The van der Waals surface area contributed by atoms with Crippen LogP contribution in [0.5, 0.6) is 0 Å². The summed E-state index contributed by atoms with van der Waals surface area (Å²) in [5.41, 5.74) is 2.26. The van der Waals surface area contributed by atoms with Crippen LogP contribution >= 0.6 is 11.6 Å². The van der Waals surface area contributed by atoms with Gasteiger partial charge in [-0.15, -0.1) is 0 Å². The Labute approximate surface area is 105 Å². The monoisotopic (exact) mass is 282 g/mol. The predicted molar refractivity (Wildman–Crippen MR) is 60.1 cm³/mol. The van der Waals surface area contributed by atoms with Crippen molar-refractivity contribution in [3.05, 3.63) is 22.8 Å². The van der Waals surface area contributed by atoms with Gasteiger partial charge < -0.3 is 10.7 Å². The van der Waals surface area contributed by atoms with Gasteiger partial charge in [0, 0.05) is 12.7 Å². The van der Waals surface area contributed by atoms with Crippen LogP contribution in [0.4, 0.5) is 19.0 Å². The molecule has 1 amide bonds. The van der Waals surface area contributed by atoms with Gasteiger partial charge in [0.2, 0.25) is 0 Å². The quantitative estimate of drug-likeness (QED) is 0.580. The van der Waals surface area contributed by atoms with Crippen molar-refractivity contribution in [2.24, 2.45) is 5.84 Å². The van der Waals surface area contributed by atoms with Crippen LogP contribution in [0.25, 0.3) is 0 Å². The van der Waals surface area contributed by atoms with E-state index in [1.165, 1.54) is 6.07 Å². The van der Waals surface area contributed by atoms with E-state index in [9.17, 15) is 18.0 Å². The fourth-order valence-corrected chi connectivity index (χ4v) is 1.31. The second-order valence-electron chi connectivity index (χ2n) is 3.32. The summed E-state index contributed by atoms with van der Waals surface area (Å²) in [5, 5.41) is 2.21. The molecule has 0 spiro atoms. The summed E-state index contributed by atoms with van der Waals surface area (Å²) in [7, 11) is 0. The number of rotatable bonds is 4. The van der Waals surface area contributed by atoms with E-state index in [-0.39, 0.29) is 16.4 Å². The van der Waals surface area contributed by atoms with Crippen LogP contribution < -0.4 is 16.6 Å². The largest absolute Gasteiger partial charge is 0.390 e. The Kier molecular flexibility index (Phi) is 4.74. The number of anilines is 1. The van der Waals surface area contributed by atoms with Gasteiger partial charge in [-0.3, -0.25) is 4.79 Å². The number of hydrogen-bond acceptors (Lipinski definition) is 4. The first-order valence-corrected chi connectivity index (χ1v) is 5.18. The molecule has 5 nitrogen and oxygen atoms in total. The van der Waals surface area contributed by atoms with Crippen molar-refractivity contribution in [3.63, 3.8) is 0 Å². The van der Waals surface area contributed by atoms with Gasteiger partial charge >= 0.3 is 6.18 Å². The first-order chi connectivity index (χ1) is 8.33. The Morgan fingerprint density at radius 3 is 2.67 bits per heavy atom. The number of amides is 1. The summed E-state index contributed by atoms with van der Waals surface area (Å²) in [4.78, 5) is 15.2. The molecule has 0 saturated heterocycles. The lowest BCUT2D eigenvalue weighted by Crippen LogP contribution is -2.28. The molecule has 0 radical (unpaired) electrons. The van der Waals surface area contributed by atoms with Gasteiger partial charge in [0.15, 0.2) is 5.82 Å². The molecule has 0 aliphatic heterocycles. The van der Waals surface area contributed by atoms with Crippen LogP contribution in [0.1, 0.15) is 16.8 Å². The normalized spacial score (nSPS) is 11.2. The zero-order valence-electron chi connectivity index (χ0n) is 9.01. The minimum atomic E-state index is -4.31. The number of nitrogen functional groups attached to an aromatic ring is 1. The SMILES string of the molecule is NNc1ncc(C(=O)NCCC(F)(F)F)cc1Cl. The maximum atomic E-state index is 11.9. The van der Waals surface area contributed by atoms with Gasteiger partial charge in [0.25, 0.3) is 5.91 Å². The third-order valence-corrected chi connectivity index (χ3v) is 2.22. The van der Waals surface area contributed by atoms with Gasteiger partial charge in [-0.25, -0.2) is 10.8 Å². The van der Waals surface area contributed by atoms with Crippen LogP contribution in [-0.2, 0) is 0 Å². The van der Waals surface area contributed by atoms with Crippen LogP contribution in [0.3, 0.4) is 0 Å². The van der Waals surface area contributed by atoms with Crippen molar-refractivity contribution < 1.29 is 18.0 Å². The number of nitrogens with one attached hydrogen (secondary N) is 2. The van der Waals surface area contributed by atoms with Crippen molar-refractivity contribution in [3.8, 4) is 0 Å². The van der Waals surface area contributed by atoms with E-state index in [2.05, 4.69) is 15.7 Å². The highest BCUT2D eigenvalue weighted by Gasteiger charge is 2.26. The average molecular weight is 283 g/mol. The van der Waals surface area contributed by atoms with Gasteiger partial charge in [0.05, 0.1) is 17.0 Å². The maximum absolute atomic E-state index is 11.9. The second-order valence-corrected chi connectivity index (χ2v) is 3.73. The van der Waals surface area contributed by atoms with Crippen molar-refractivity contribution in [1.29, 1.82) is 0 Å². The molecule has 4 N–H and O–H groups in total. The molecular weight excluding hydrogens is 273 g/mol. The van der Waals surface area contributed by atoms with Gasteiger partial charge in [-0.05, 0) is 6.07 Å². The van der Waals surface area contributed by atoms with Gasteiger partial charge in [-0.1, -0.05) is 11.6 Å². The third kappa shape index (κ3) is 4.38. The van der Waals surface area contributed by atoms with E-state index in [1.807, 2.05) is 0 Å². The Balaban J connectivity index is 2.59. The third-order valence-electron chi connectivity index (χ3n) is 1.93. The molecule has 1 rings (SSSR count). The Bertz CT molecular complexity index is 438. The summed E-state index contributed by atoms with van der Waals surface area (Å²) in [6.07, 6.45) is -4.25. The van der Waals surface area contributed by atoms with E-state index in [0.717, 1.165) is 6.20 Å². The van der Waals surface area contributed by atoms with Gasteiger partial charge in [-0.2, -0.15) is 13.2 Å². The van der Waals surface area contributed by atoms with Crippen LogP contribution in [0, 0.1) is 0 Å². The number of pyridine rings is 1. The Hall–Kier alpha value is -1.54. The van der Waals surface area contributed by atoms with Crippen molar-refractivity contribution in [2.75, 3.05) is 12.0 Å². The number of carbonyl (C=O) groups excluding carboxylic acids is 1. The molecule has 0 fully saturated rings. The first-order valence-electron chi connectivity index (χ1n) is 4.80. The molecule has 1 aromatic rings. The molecule has 9 heteroatoms. The van der Waals surface area contributed by atoms with E-state index in [4.69, 9.17) is 17.4 Å². The summed E-state index contributed by atoms with van der Waals surface area (Å²) >= 11 is 5.72. The lowest BCUT2D eigenvalue weighted by molar-refractivity contribution is -0.132. The number of carbonyl (C=O) groups is 1. The fourth-order valence-electron chi connectivity index (χ4n) is 1.09. The molecule has 0 aliphatic rings. The number of alkyl halides is 3. The van der Waals surface area contributed by atoms with Gasteiger partial charge in [0.1, 0.15) is 0 Å². The number of aromatic nitrogens is 1. The lowest BCUT2D eigenvalue weighted by Gasteiger charge is -2.08. The number of nitrogens with two attached hydrogens (primary N) is 1. The highest BCUT2D eigenvalue weighted by molar-refractivity contribution is 6.33. The van der Waals surface area contributed by atoms with Crippen LogP contribution in [-0.4, -0.2) is 23.6 Å². The molecule has 100 valence electrons. The van der Waals surface area contributed by atoms with Crippen molar-refractivity contribution >= 4 is 23.3 Å². The Morgan fingerprint density at radius 1 is 1.50 bits per heavy atom. The molecule has 0 unspecified atom stereocenters. The standard InChI is InChI=1S/C9H10ClF3N4O/c10-6-3-5(4-16-7(6)17-14)8(18)15-2-1-9(11,12)13/h3-4H,1-2,14H2,(H,15,18)(H,16,17). The van der Waals surface area contributed by atoms with E-state index >= 15 is 0 Å². The van der Waals surface area contributed by atoms with E-state index < -0.39 is 25.0 Å². The zero-order valence-corrected chi connectivity index (χ0v) is 9.77. The average Bonchev–Trinajstić information content (AvgIpc) is 2.27. The molecule has 0 aliphatic carbocycles. The van der Waals surface area contributed by atoms with Crippen LogP contribution in [0.2, 0.25) is 5.02 Å². The summed E-state index contributed by atoms with van der Waals surface area (Å²) < 4.78 is 35.6. The van der Waals surface area contributed by atoms with E-state index in [1.54, 1.807) is 0 Å². The minimum Gasteiger partial charge on any atom is -0.352 e. The number of hydrazine groups is 1. The maximum Gasteiger partial charge on any atom is 0.390 e. The predicted octanol–water partition coefficient (Wildman–Crippen LogP) is 1.70. The number of nitrogens with zero attached hydrogens (tertiary/aromatic N) is 1. The first kappa shape index (κ1) is 14.5. The van der Waals surface area contributed by atoms with E-state index in [0.29, 0.717) is 0 Å². The Morgan fingerprint density at radius 2 is 2.17 bits per heavy atom. The molecule has 0 saturated carbocycles. The summed E-state index contributed by atoms with van der Waals surface area (Å²) in [6.45, 7) is -0.503. The molecule has 0 aromatic carbocycles. The fraction of sp³-hybridized carbons (Fsp3) is 0.333. The smallest absolute Gasteiger partial charge is 0.352 e. The lowest BCUT2D eigenvalue weighted by atomic mass is 10.2. The molecule has 1 heterocycles. The number of hydrogen-bond donors (Lipinski definition) is 3. The minimum absolute atomic E-state index is 0.0566. The van der Waals surface area contributed by atoms with Crippen molar-refractivity contribution in [1.82, 2.24) is 10.3 Å². The summed E-state index contributed by atoms with van der Waals surface area (Å²) in [5.74, 6) is 4.57. The number of halogens is 4. The topological polar surface area (TPSA) is 80.0 Å². The molecular formula is C9H10ClF3N4O. The zero-order chi connectivity index (χ0) is 13.8. The summed E-state index contributed by atoms with van der Waals surface area (Å²) in [6, 6.07) is 1.26. The second kappa shape index (κ2) is 5.87. The molecule has 18 heavy (non-hydrogen) atoms. The highest BCUT2D eigenvalue weighted by Crippen LogP contribution is 2.20. The molecule has 0 atom stereocenters. The van der Waals surface area contributed by atoms with Crippen molar-refractivity contribution in [2.45, 2.75) is 12.6 Å². The highest BCUT2D eigenvalue weighted by atomic mass is 35.5.